The predicted molar refractivity (Wildman–Crippen MR) is 79.0 cm³/mol. The van der Waals surface area contributed by atoms with E-state index in [9.17, 15) is 23.2 Å². The minimum atomic E-state index is -5.00. The van der Waals surface area contributed by atoms with Crippen LogP contribution in [0.3, 0.4) is 0 Å². The zero-order valence-corrected chi connectivity index (χ0v) is 13.2. The van der Waals surface area contributed by atoms with E-state index in [-0.39, 0.29) is 16.8 Å². The van der Waals surface area contributed by atoms with Gasteiger partial charge in [-0.1, -0.05) is 11.6 Å². The molecule has 1 aromatic heterocycles. The molecule has 0 amide bonds. The first kappa shape index (κ1) is 16.1. The van der Waals surface area contributed by atoms with E-state index in [1.54, 1.807) is 0 Å². The lowest BCUT2D eigenvalue weighted by Crippen LogP contribution is -2.34. The zero-order valence-electron chi connectivity index (χ0n) is 9.32. The Hall–Kier alpha value is -0.285. The van der Waals surface area contributed by atoms with Gasteiger partial charge in [-0.25, -0.2) is 4.45 Å². The number of aromatic nitrogens is 2. The highest BCUT2D eigenvalue weighted by Gasteiger charge is 2.36. The molecular formula is C8H5BClF3IN2O3P. The van der Waals surface area contributed by atoms with E-state index in [1.807, 2.05) is 22.0 Å². The molecule has 1 atom stereocenters. The Morgan fingerprint density at radius 2 is 2.10 bits per heavy atom. The molecule has 1 heterocycles. The summed E-state index contributed by atoms with van der Waals surface area (Å²) in [7, 11) is -2.18. The van der Waals surface area contributed by atoms with Crippen molar-refractivity contribution in [2.75, 3.05) is 0 Å². The van der Waals surface area contributed by atoms with Crippen LogP contribution in [0.4, 0.5) is 13.2 Å². The van der Waals surface area contributed by atoms with Gasteiger partial charge in [0.15, 0.2) is 0 Å². The Morgan fingerprint density at radius 1 is 1.45 bits per heavy atom. The molecule has 0 saturated heterocycles. The molecule has 0 fully saturated rings. The van der Waals surface area contributed by atoms with Gasteiger partial charge >= 0.3 is 13.5 Å². The first-order chi connectivity index (χ1) is 9.24. The van der Waals surface area contributed by atoms with Gasteiger partial charge in [-0.05, 0) is 28.1 Å². The third-order valence-corrected chi connectivity index (χ3v) is 4.55. The molecule has 5 nitrogen and oxygen atoms in total. The summed E-state index contributed by atoms with van der Waals surface area (Å²) in [6.45, 7) is 0. The van der Waals surface area contributed by atoms with E-state index in [1.165, 1.54) is 16.7 Å². The van der Waals surface area contributed by atoms with E-state index in [0.717, 1.165) is 0 Å². The molecule has 12 heteroatoms. The summed E-state index contributed by atoms with van der Waals surface area (Å²) >= 11 is 7.78. The van der Waals surface area contributed by atoms with Gasteiger partial charge in [-0.3, -0.25) is 0 Å². The second-order valence-electron chi connectivity index (χ2n) is 3.60. The van der Waals surface area contributed by atoms with Gasteiger partial charge in [-0.2, -0.15) is 5.10 Å². The number of hydrogen-bond donors (Lipinski definition) is 2. The SMILES string of the molecule is OB(O)c1c(OC(F)(F)F)c(Cl)cc2c1cnn2PI. The van der Waals surface area contributed by atoms with Crippen LogP contribution in [0, 0.1) is 0 Å². The lowest BCUT2D eigenvalue weighted by molar-refractivity contribution is -0.274. The minimum absolute atomic E-state index is 0.132. The normalized spacial score (nSPS) is 12.6. The van der Waals surface area contributed by atoms with Crippen LogP contribution in [0.25, 0.3) is 10.9 Å². The van der Waals surface area contributed by atoms with Crippen molar-refractivity contribution in [3.05, 3.63) is 17.3 Å². The average Bonchev–Trinajstić information content (AvgIpc) is 2.69. The molecule has 0 bridgehead atoms. The molecule has 2 N–H and O–H groups in total. The molecular weight excluding hydrogens is 433 g/mol. The van der Waals surface area contributed by atoms with Crippen LogP contribution in [-0.4, -0.2) is 33.1 Å². The largest absolute Gasteiger partial charge is 0.573 e. The van der Waals surface area contributed by atoms with E-state index in [4.69, 9.17) is 11.6 Å². The summed E-state index contributed by atoms with van der Waals surface area (Å²) in [5.74, 6) is -0.835. The summed E-state index contributed by atoms with van der Waals surface area (Å²) in [6, 6.07) is 1.24. The van der Waals surface area contributed by atoms with Crippen LogP contribution in [0.2, 0.25) is 5.02 Å². The Kier molecular flexibility index (Phi) is 4.70. The van der Waals surface area contributed by atoms with Crippen molar-refractivity contribution in [3.63, 3.8) is 0 Å². The Morgan fingerprint density at radius 3 is 2.60 bits per heavy atom. The second kappa shape index (κ2) is 5.84. The van der Waals surface area contributed by atoms with Crippen molar-refractivity contribution < 1.29 is 28.0 Å². The molecule has 108 valence electrons. The van der Waals surface area contributed by atoms with Gasteiger partial charge in [0.2, 0.25) is 0 Å². The molecule has 1 unspecified atom stereocenters. The number of rotatable bonds is 3. The molecule has 2 rings (SSSR count). The van der Waals surface area contributed by atoms with Crippen LogP contribution in [0.1, 0.15) is 0 Å². The molecule has 0 saturated carbocycles. The smallest absolute Gasteiger partial charge is 0.423 e. The van der Waals surface area contributed by atoms with Crippen molar-refractivity contribution in [3.8, 4) is 5.75 Å². The van der Waals surface area contributed by atoms with Crippen molar-refractivity contribution in [1.29, 1.82) is 0 Å². The van der Waals surface area contributed by atoms with Gasteiger partial charge in [0.05, 0.1) is 23.1 Å². The highest BCUT2D eigenvalue weighted by Crippen LogP contribution is 2.35. The maximum Gasteiger partial charge on any atom is 0.573 e. The van der Waals surface area contributed by atoms with E-state index in [2.05, 4.69) is 9.84 Å². The van der Waals surface area contributed by atoms with Crippen LogP contribution in [0.5, 0.6) is 5.75 Å². The highest BCUT2D eigenvalue weighted by atomic mass is 127. The second-order valence-corrected chi connectivity index (χ2v) is 6.04. The highest BCUT2D eigenvalue weighted by molar-refractivity contribution is 14.2. The van der Waals surface area contributed by atoms with Crippen molar-refractivity contribution in [1.82, 2.24) is 9.55 Å². The number of hydrogen-bond acceptors (Lipinski definition) is 4. The summed E-state index contributed by atoms with van der Waals surface area (Å²) in [5.41, 5.74) is -0.0777. The fourth-order valence-corrected chi connectivity index (χ4v) is 3.46. The monoisotopic (exact) mass is 438 g/mol. The van der Waals surface area contributed by atoms with Crippen LogP contribution in [-0.2, 0) is 0 Å². The molecule has 1 aromatic carbocycles. The van der Waals surface area contributed by atoms with Crippen molar-refractivity contribution in [2.24, 2.45) is 0 Å². The summed E-state index contributed by atoms with van der Waals surface area (Å²) in [4.78, 5) is 0. The average molecular weight is 438 g/mol. The number of benzene rings is 1. The van der Waals surface area contributed by atoms with Crippen LogP contribution in [0.15, 0.2) is 12.3 Å². The van der Waals surface area contributed by atoms with Crippen LogP contribution < -0.4 is 10.2 Å². The maximum atomic E-state index is 12.4. The predicted octanol–water partition coefficient (Wildman–Crippen LogP) is 2.06. The van der Waals surface area contributed by atoms with Crippen molar-refractivity contribution in [2.45, 2.75) is 6.36 Å². The van der Waals surface area contributed by atoms with Gasteiger partial charge < -0.3 is 14.8 Å². The number of alkyl halides is 3. The first-order valence-corrected chi connectivity index (χ1v) is 9.37. The Balaban J connectivity index is 2.74. The van der Waals surface area contributed by atoms with Gasteiger partial charge in [-0.15, -0.1) is 13.2 Å². The lowest BCUT2D eigenvalue weighted by Gasteiger charge is -2.15. The Bertz CT molecular complexity index is 654. The third kappa shape index (κ3) is 3.14. The first-order valence-electron chi connectivity index (χ1n) is 4.93. The molecule has 2 aromatic rings. The standard InChI is InChI=1S/C8H5BClF3IN2O3P/c10-4-1-5-3(2-15-16(5)20-14)6(9(17)18)7(4)19-8(11,12)13/h1-2,17-18,20H. The summed E-state index contributed by atoms with van der Waals surface area (Å²) in [6.07, 6.45) is -3.59. The molecule has 0 aliphatic heterocycles. The van der Waals surface area contributed by atoms with Crippen LogP contribution >= 0.6 is 40.0 Å². The quantitative estimate of drug-likeness (QED) is 0.438. The van der Waals surface area contributed by atoms with Crippen molar-refractivity contribution >= 4 is 63.5 Å². The number of ether oxygens (including phenoxy) is 1. The topological polar surface area (TPSA) is 67.5 Å². The third-order valence-electron chi connectivity index (χ3n) is 2.38. The molecule has 0 radical (unpaired) electrons. The van der Waals surface area contributed by atoms with Gasteiger partial charge in [0.25, 0.3) is 0 Å². The molecule has 0 spiro atoms. The summed E-state index contributed by atoms with van der Waals surface area (Å²) in [5, 5.41) is 22.3. The zero-order chi connectivity index (χ0) is 15.1. The number of nitrogens with zero attached hydrogens (tertiary/aromatic N) is 2. The van der Waals surface area contributed by atoms with E-state index < -0.39 is 24.7 Å². The maximum absolute atomic E-state index is 12.4. The summed E-state index contributed by atoms with van der Waals surface area (Å²) < 4.78 is 42.4. The molecule has 0 aliphatic rings. The van der Waals surface area contributed by atoms with Gasteiger partial charge in [0, 0.05) is 10.8 Å². The number of halogens is 5. The fourth-order valence-electron chi connectivity index (χ4n) is 1.68. The number of fused-ring (bicyclic) bond motifs is 1. The van der Waals surface area contributed by atoms with E-state index in [0.29, 0.717) is 5.52 Å². The Labute approximate surface area is 130 Å². The minimum Gasteiger partial charge on any atom is -0.423 e. The van der Waals surface area contributed by atoms with E-state index >= 15 is 0 Å². The van der Waals surface area contributed by atoms with Gasteiger partial charge in [0.1, 0.15) is 5.75 Å². The fraction of sp³-hybridized carbons (Fsp3) is 0.125. The lowest BCUT2D eigenvalue weighted by atomic mass is 9.77. The molecule has 0 aliphatic carbocycles. The molecule has 20 heavy (non-hydrogen) atoms.